The molecule has 0 aliphatic heterocycles. The molecule has 0 saturated carbocycles. The van der Waals surface area contributed by atoms with E-state index in [2.05, 4.69) is 5.32 Å². The van der Waals surface area contributed by atoms with Crippen molar-refractivity contribution < 1.29 is 27.1 Å². The normalized spacial score (nSPS) is 13.1. The molecule has 1 N–H and O–H groups in total. The minimum Gasteiger partial charge on any atom is -0.449 e. The highest BCUT2D eigenvalue weighted by molar-refractivity contribution is 5.79. The highest BCUT2D eigenvalue weighted by Gasteiger charge is 2.36. The van der Waals surface area contributed by atoms with Gasteiger partial charge in [-0.05, 0) is 40.3 Å². The second-order valence-corrected chi connectivity index (χ2v) is 7.65. The van der Waals surface area contributed by atoms with E-state index in [1.54, 1.807) is 0 Å². The second-order valence-electron chi connectivity index (χ2n) is 7.65. The first-order chi connectivity index (χ1) is 15.9. The first kappa shape index (κ1) is 22.6. The summed E-state index contributed by atoms with van der Waals surface area (Å²) in [7, 11) is 0. The summed E-state index contributed by atoms with van der Waals surface area (Å²) >= 11 is 0. The number of hydrogen-bond donors (Lipinski definition) is 1. The lowest BCUT2D eigenvalue weighted by Crippen LogP contribution is -2.26. The SMILES string of the molecule is O=C(NCCC=Cc1cccc(F)c1C(F)(F)F)OCC1c2ccccc2-c2ccccc21. The van der Waals surface area contributed by atoms with Crippen LogP contribution in [-0.2, 0) is 10.9 Å². The lowest BCUT2D eigenvalue weighted by atomic mass is 9.98. The molecule has 0 bridgehead atoms. The van der Waals surface area contributed by atoms with Gasteiger partial charge in [-0.25, -0.2) is 9.18 Å². The molecule has 0 aromatic heterocycles. The fourth-order valence-electron chi connectivity index (χ4n) is 4.10. The number of benzene rings is 3. The summed E-state index contributed by atoms with van der Waals surface area (Å²) in [4.78, 5) is 12.1. The maximum absolute atomic E-state index is 13.6. The number of amides is 1. The fraction of sp³-hybridized carbons (Fsp3) is 0.192. The summed E-state index contributed by atoms with van der Waals surface area (Å²) in [6.45, 7) is 0.345. The minimum absolute atomic E-state index is 0.0585. The van der Waals surface area contributed by atoms with E-state index >= 15 is 0 Å². The second kappa shape index (κ2) is 9.48. The molecular formula is C26H21F4NO2. The molecule has 1 aliphatic carbocycles. The van der Waals surface area contributed by atoms with Crippen LogP contribution in [0.3, 0.4) is 0 Å². The molecule has 0 atom stereocenters. The molecule has 3 aromatic carbocycles. The minimum atomic E-state index is -4.79. The van der Waals surface area contributed by atoms with Crippen LogP contribution in [0.5, 0.6) is 0 Å². The van der Waals surface area contributed by atoms with E-state index < -0.39 is 23.7 Å². The standard InChI is InChI=1S/C26H21F4NO2/c27-23-14-7-9-17(24(23)26(28,29)30)8-5-6-15-31-25(32)33-16-22-20-12-3-1-10-18(20)19-11-2-4-13-21(19)22/h1-5,7-14,22H,6,15-16H2,(H,31,32). The largest absolute Gasteiger partial charge is 0.449 e. The van der Waals surface area contributed by atoms with E-state index in [9.17, 15) is 22.4 Å². The Morgan fingerprint density at radius 3 is 2.21 bits per heavy atom. The molecule has 1 amide bonds. The van der Waals surface area contributed by atoms with Gasteiger partial charge < -0.3 is 10.1 Å². The highest BCUT2D eigenvalue weighted by atomic mass is 19.4. The van der Waals surface area contributed by atoms with Crippen molar-refractivity contribution in [3.05, 3.63) is 101 Å². The van der Waals surface area contributed by atoms with Crippen LogP contribution in [0.25, 0.3) is 17.2 Å². The van der Waals surface area contributed by atoms with Crippen molar-refractivity contribution in [3.8, 4) is 11.1 Å². The number of ether oxygens (including phenoxy) is 1. The molecule has 1 aliphatic rings. The lowest BCUT2D eigenvalue weighted by molar-refractivity contribution is -0.140. The maximum Gasteiger partial charge on any atom is 0.419 e. The van der Waals surface area contributed by atoms with Gasteiger partial charge in [-0.3, -0.25) is 0 Å². The molecule has 3 nitrogen and oxygen atoms in total. The number of carbonyl (C=O) groups excluding carboxylic acids is 1. The Morgan fingerprint density at radius 1 is 0.939 bits per heavy atom. The molecule has 0 radical (unpaired) electrons. The van der Waals surface area contributed by atoms with Crippen LogP contribution in [0.15, 0.2) is 72.8 Å². The summed E-state index contributed by atoms with van der Waals surface area (Å²) in [5.74, 6) is -1.38. The van der Waals surface area contributed by atoms with Crippen molar-refractivity contribution in [2.24, 2.45) is 0 Å². The number of rotatable bonds is 6. The van der Waals surface area contributed by atoms with Crippen molar-refractivity contribution in [2.75, 3.05) is 13.2 Å². The van der Waals surface area contributed by atoms with Crippen LogP contribution in [-0.4, -0.2) is 19.2 Å². The van der Waals surface area contributed by atoms with E-state index in [0.717, 1.165) is 28.3 Å². The molecule has 33 heavy (non-hydrogen) atoms. The Kier molecular flexibility index (Phi) is 6.49. The summed E-state index contributed by atoms with van der Waals surface area (Å²) < 4.78 is 58.1. The van der Waals surface area contributed by atoms with Gasteiger partial charge in [0.1, 0.15) is 12.4 Å². The molecule has 0 saturated heterocycles. The van der Waals surface area contributed by atoms with E-state index in [0.29, 0.717) is 0 Å². The number of hydrogen-bond acceptors (Lipinski definition) is 2. The van der Waals surface area contributed by atoms with Gasteiger partial charge in [0.15, 0.2) is 0 Å². The molecule has 3 aromatic rings. The Hall–Kier alpha value is -3.61. The van der Waals surface area contributed by atoms with Crippen molar-refractivity contribution in [1.29, 1.82) is 0 Å². The first-order valence-electron chi connectivity index (χ1n) is 10.5. The van der Waals surface area contributed by atoms with Crippen molar-refractivity contribution in [1.82, 2.24) is 5.32 Å². The number of fused-ring (bicyclic) bond motifs is 3. The van der Waals surface area contributed by atoms with Gasteiger partial charge >= 0.3 is 12.3 Å². The van der Waals surface area contributed by atoms with Crippen molar-refractivity contribution >= 4 is 12.2 Å². The average Bonchev–Trinajstić information content (AvgIpc) is 3.10. The molecule has 4 rings (SSSR count). The van der Waals surface area contributed by atoms with Crippen LogP contribution in [0.4, 0.5) is 22.4 Å². The third-order valence-corrected chi connectivity index (χ3v) is 5.55. The number of alkyl halides is 3. The van der Waals surface area contributed by atoms with Gasteiger partial charge in [0.05, 0.1) is 5.56 Å². The van der Waals surface area contributed by atoms with Crippen LogP contribution < -0.4 is 5.32 Å². The van der Waals surface area contributed by atoms with Gasteiger partial charge in [0.2, 0.25) is 0 Å². The first-order valence-corrected chi connectivity index (χ1v) is 10.5. The number of nitrogens with one attached hydrogen (secondary N) is 1. The van der Waals surface area contributed by atoms with Crippen LogP contribution in [0, 0.1) is 5.82 Å². The van der Waals surface area contributed by atoms with Gasteiger partial charge in [-0.1, -0.05) is 72.8 Å². The highest BCUT2D eigenvalue weighted by Crippen LogP contribution is 2.44. The van der Waals surface area contributed by atoms with Crippen molar-refractivity contribution in [3.63, 3.8) is 0 Å². The van der Waals surface area contributed by atoms with Gasteiger partial charge in [-0.15, -0.1) is 0 Å². The predicted octanol–water partition coefficient (Wildman–Crippen LogP) is 6.79. The van der Waals surface area contributed by atoms with Crippen LogP contribution in [0.1, 0.15) is 34.6 Å². The molecule has 170 valence electrons. The molecule has 0 spiro atoms. The monoisotopic (exact) mass is 455 g/mol. The molecular weight excluding hydrogens is 434 g/mol. The third kappa shape index (κ3) is 4.92. The summed E-state index contributed by atoms with van der Waals surface area (Å²) in [6, 6.07) is 19.2. The van der Waals surface area contributed by atoms with E-state index in [1.807, 2.05) is 48.5 Å². The lowest BCUT2D eigenvalue weighted by Gasteiger charge is -2.14. The number of alkyl carbamates (subject to hydrolysis) is 1. The van der Waals surface area contributed by atoms with Crippen LogP contribution >= 0.6 is 0 Å². The molecule has 0 heterocycles. The van der Waals surface area contributed by atoms with Gasteiger partial charge in [-0.2, -0.15) is 13.2 Å². The maximum atomic E-state index is 13.6. The zero-order valence-electron chi connectivity index (χ0n) is 17.5. The Labute approximate surface area is 188 Å². The third-order valence-electron chi connectivity index (χ3n) is 5.55. The smallest absolute Gasteiger partial charge is 0.419 e. The molecule has 7 heteroatoms. The summed E-state index contributed by atoms with van der Waals surface area (Å²) in [6.07, 6.45) is -2.48. The summed E-state index contributed by atoms with van der Waals surface area (Å²) in [5.41, 5.74) is 2.90. The quantitative estimate of drug-likeness (QED) is 0.328. The van der Waals surface area contributed by atoms with Gasteiger partial charge in [0, 0.05) is 12.5 Å². The van der Waals surface area contributed by atoms with E-state index in [-0.39, 0.29) is 31.1 Å². The number of halogens is 4. The fourth-order valence-corrected chi connectivity index (χ4v) is 4.10. The zero-order valence-corrected chi connectivity index (χ0v) is 17.5. The Bertz CT molecular complexity index is 1140. The van der Waals surface area contributed by atoms with E-state index in [1.165, 1.54) is 24.3 Å². The van der Waals surface area contributed by atoms with Crippen LogP contribution in [0.2, 0.25) is 0 Å². The molecule has 0 unspecified atom stereocenters. The molecule has 0 fully saturated rings. The predicted molar refractivity (Wildman–Crippen MR) is 118 cm³/mol. The van der Waals surface area contributed by atoms with E-state index in [4.69, 9.17) is 4.74 Å². The summed E-state index contributed by atoms with van der Waals surface area (Å²) in [5, 5.41) is 2.59. The Morgan fingerprint density at radius 2 is 1.58 bits per heavy atom. The zero-order chi connectivity index (χ0) is 23.4. The number of carbonyl (C=O) groups is 1. The van der Waals surface area contributed by atoms with Crippen molar-refractivity contribution in [2.45, 2.75) is 18.5 Å². The van der Waals surface area contributed by atoms with Gasteiger partial charge in [0.25, 0.3) is 0 Å². The topological polar surface area (TPSA) is 38.3 Å². The average molecular weight is 455 g/mol. The Balaban J connectivity index is 1.30.